The summed E-state index contributed by atoms with van der Waals surface area (Å²) in [6.07, 6.45) is 0.831. The molecule has 2 aromatic carbocycles. The number of hydrogen-bond donors (Lipinski definition) is 1. The Morgan fingerprint density at radius 2 is 2.03 bits per heavy atom. The zero-order chi connectivity index (χ0) is 24.5. The van der Waals surface area contributed by atoms with Crippen LogP contribution in [0.5, 0.6) is 11.5 Å². The van der Waals surface area contributed by atoms with Crippen molar-refractivity contribution in [2.75, 3.05) is 25.6 Å². The Morgan fingerprint density at radius 3 is 2.71 bits per heavy atom. The Hall–Kier alpha value is -3.07. The average Bonchev–Trinajstić information content (AvgIpc) is 3.32. The molecule has 6 nitrogen and oxygen atoms in total. The van der Waals surface area contributed by atoms with Crippen molar-refractivity contribution in [2.45, 2.75) is 45.8 Å². The second-order valence-corrected chi connectivity index (χ2v) is 8.61. The van der Waals surface area contributed by atoms with Gasteiger partial charge in [-0.15, -0.1) is 0 Å². The van der Waals surface area contributed by atoms with Crippen LogP contribution in [0.2, 0.25) is 0 Å². The molecule has 1 unspecified atom stereocenters. The molecule has 4 rings (SSSR count). The standard InChI is InChI=1S/C25H28F3N3O3/c1-14(17-8-9-33-13-17)34-22-10-18-20(11-21(22)32-4)30-15(2)31-24(18)29-12-16-6-5-7-19(23(16)26)25(3,27)28/h5-7,10-11,14,17H,8-9,12-13H2,1-4H3,(H,29,30,31)/t14?,17-/m1/s1. The third-order valence-corrected chi connectivity index (χ3v) is 6.03. The van der Waals surface area contributed by atoms with Crippen LogP contribution in [-0.4, -0.2) is 36.4 Å². The molecule has 34 heavy (non-hydrogen) atoms. The van der Waals surface area contributed by atoms with Crippen molar-refractivity contribution < 1.29 is 27.4 Å². The number of benzene rings is 2. The van der Waals surface area contributed by atoms with Gasteiger partial charge in [0.05, 0.1) is 24.8 Å². The van der Waals surface area contributed by atoms with Crippen molar-refractivity contribution in [3.05, 3.63) is 53.1 Å². The van der Waals surface area contributed by atoms with E-state index in [4.69, 9.17) is 14.2 Å². The van der Waals surface area contributed by atoms with Gasteiger partial charge in [-0.2, -0.15) is 0 Å². The van der Waals surface area contributed by atoms with Gasteiger partial charge in [0.2, 0.25) is 0 Å². The fraction of sp³-hybridized carbons (Fsp3) is 0.440. The lowest BCUT2D eigenvalue weighted by atomic mass is 10.0. The van der Waals surface area contributed by atoms with Gasteiger partial charge < -0.3 is 19.5 Å². The third kappa shape index (κ3) is 5.04. The second kappa shape index (κ2) is 9.66. The van der Waals surface area contributed by atoms with Crippen molar-refractivity contribution in [3.63, 3.8) is 0 Å². The molecule has 182 valence electrons. The van der Waals surface area contributed by atoms with E-state index < -0.39 is 17.3 Å². The highest BCUT2D eigenvalue weighted by molar-refractivity contribution is 5.91. The minimum atomic E-state index is -3.28. The Labute approximate surface area is 196 Å². The fourth-order valence-electron chi connectivity index (χ4n) is 4.09. The SMILES string of the molecule is COc1cc2nc(C)nc(NCc3cccc(C(C)(F)F)c3F)c2cc1OC(C)[C@@H]1CCOC1. The smallest absolute Gasteiger partial charge is 0.273 e. The van der Waals surface area contributed by atoms with Crippen molar-refractivity contribution >= 4 is 16.7 Å². The van der Waals surface area contributed by atoms with Crippen LogP contribution in [0.15, 0.2) is 30.3 Å². The van der Waals surface area contributed by atoms with E-state index in [0.29, 0.717) is 47.6 Å². The normalized spacial score (nSPS) is 17.1. The lowest BCUT2D eigenvalue weighted by Gasteiger charge is -2.22. The van der Waals surface area contributed by atoms with Gasteiger partial charge in [-0.3, -0.25) is 0 Å². The molecule has 0 amide bonds. The summed E-state index contributed by atoms with van der Waals surface area (Å²) in [7, 11) is 1.56. The molecule has 0 spiro atoms. The first kappa shape index (κ1) is 24.1. The maximum Gasteiger partial charge on any atom is 0.273 e. The lowest BCUT2D eigenvalue weighted by molar-refractivity contribution is 0.0136. The van der Waals surface area contributed by atoms with Gasteiger partial charge in [0.1, 0.15) is 23.6 Å². The minimum absolute atomic E-state index is 0.0284. The van der Waals surface area contributed by atoms with E-state index in [2.05, 4.69) is 15.3 Å². The monoisotopic (exact) mass is 475 g/mol. The molecular weight excluding hydrogens is 447 g/mol. The number of anilines is 1. The molecule has 2 atom stereocenters. The maximum absolute atomic E-state index is 14.7. The fourth-order valence-corrected chi connectivity index (χ4v) is 4.09. The van der Waals surface area contributed by atoms with Gasteiger partial charge >= 0.3 is 0 Å². The molecule has 9 heteroatoms. The number of nitrogens with zero attached hydrogens (tertiary/aromatic N) is 2. The number of methoxy groups -OCH3 is 1. The Kier molecular flexibility index (Phi) is 6.84. The van der Waals surface area contributed by atoms with Gasteiger partial charge in [-0.05, 0) is 26.3 Å². The second-order valence-electron chi connectivity index (χ2n) is 8.61. The van der Waals surface area contributed by atoms with Crippen molar-refractivity contribution in [1.82, 2.24) is 9.97 Å². The summed E-state index contributed by atoms with van der Waals surface area (Å²) < 4.78 is 59.4. The summed E-state index contributed by atoms with van der Waals surface area (Å²) in [5.41, 5.74) is 0.0921. The van der Waals surface area contributed by atoms with Crippen molar-refractivity contribution in [3.8, 4) is 11.5 Å². The van der Waals surface area contributed by atoms with Crippen LogP contribution < -0.4 is 14.8 Å². The zero-order valence-corrected chi connectivity index (χ0v) is 19.6. The molecule has 1 N–H and O–H groups in total. The highest BCUT2D eigenvalue weighted by Gasteiger charge is 2.29. The summed E-state index contributed by atoms with van der Waals surface area (Å²) in [6, 6.07) is 7.53. The molecule has 1 saturated heterocycles. The van der Waals surface area contributed by atoms with Crippen LogP contribution in [0, 0.1) is 18.7 Å². The van der Waals surface area contributed by atoms with Crippen LogP contribution in [0.25, 0.3) is 10.9 Å². The van der Waals surface area contributed by atoms with Crippen LogP contribution in [0.4, 0.5) is 19.0 Å². The van der Waals surface area contributed by atoms with Gasteiger partial charge in [-0.25, -0.2) is 23.1 Å². The number of rotatable bonds is 8. The van der Waals surface area contributed by atoms with Crippen LogP contribution in [0.1, 0.15) is 37.2 Å². The first-order valence-electron chi connectivity index (χ1n) is 11.2. The minimum Gasteiger partial charge on any atom is -0.493 e. The number of halogens is 3. The number of aryl methyl sites for hydroxylation is 1. The Bertz CT molecular complexity index is 1180. The van der Waals surface area contributed by atoms with Crippen LogP contribution in [-0.2, 0) is 17.2 Å². The van der Waals surface area contributed by atoms with Crippen LogP contribution >= 0.6 is 0 Å². The molecule has 1 fully saturated rings. The zero-order valence-electron chi connectivity index (χ0n) is 19.6. The van der Waals surface area contributed by atoms with E-state index in [1.165, 1.54) is 12.1 Å². The number of fused-ring (bicyclic) bond motifs is 1. The summed E-state index contributed by atoms with van der Waals surface area (Å²) >= 11 is 0. The molecule has 1 aliphatic rings. The number of ether oxygens (including phenoxy) is 3. The molecule has 3 aromatic rings. The molecule has 1 aromatic heterocycles. The largest absolute Gasteiger partial charge is 0.493 e. The van der Waals surface area contributed by atoms with Crippen molar-refractivity contribution in [1.29, 1.82) is 0 Å². The molecule has 0 saturated carbocycles. The molecule has 0 aliphatic carbocycles. The number of hydrogen-bond acceptors (Lipinski definition) is 6. The highest BCUT2D eigenvalue weighted by atomic mass is 19.3. The summed E-state index contributed by atoms with van der Waals surface area (Å²) in [6.45, 7) is 5.75. The van der Waals surface area contributed by atoms with E-state index in [1.54, 1.807) is 26.2 Å². The molecule has 0 radical (unpaired) electrons. The van der Waals surface area contributed by atoms with E-state index >= 15 is 0 Å². The van der Waals surface area contributed by atoms with E-state index in [1.807, 2.05) is 6.92 Å². The quantitative estimate of drug-likeness (QED) is 0.457. The van der Waals surface area contributed by atoms with E-state index in [9.17, 15) is 13.2 Å². The molecule has 1 aliphatic heterocycles. The first-order chi connectivity index (χ1) is 16.2. The highest BCUT2D eigenvalue weighted by Crippen LogP contribution is 2.36. The van der Waals surface area contributed by atoms with Gasteiger partial charge in [0.25, 0.3) is 5.92 Å². The lowest BCUT2D eigenvalue weighted by Crippen LogP contribution is -2.24. The topological polar surface area (TPSA) is 65.5 Å². The molecule has 0 bridgehead atoms. The summed E-state index contributed by atoms with van der Waals surface area (Å²) in [4.78, 5) is 8.94. The third-order valence-electron chi connectivity index (χ3n) is 6.03. The average molecular weight is 476 g/mol. The summed E-state index contributed by atoms with van der Waals surface area (Å²) in [5, 5.41) is 3.73. The Morgan fingerprint density at radius 1 is 1.24 bits per heavy atom. The number of alkyl halides is 2. The van der Waals surface area contributed by atoms with Crippen LogP contribution in [0.3, 0.4) is 0 Å². The summed E-state index contributed by atoms with van der Waals surface area (Å²) in [5.74, 6) is -1.93. The van der Waals surface area contributed by atoms with Gasteiger partial charge in [0.15, 0.2) is 11.5 Å². The molecule has 2 heterocycles. The van der Waals surface area contributed by atoms with Gasteiger partial charge in [-0.1, -0.05) is 18.2 Å². The van der Waals surface area contributed by atoms with E-state index in [-0.39, 0.29) is 24.1 Å². The molecular formula is C25H28F3N3O3. The number of nitrogens with one attached hydrogen (secondary N) is 1. The predicted molar refractivity (Wildman–Crippen MR) is 123 cm³/mol. The first-order valence-corrected chi connectivity index (χ1v) is 11.2. The van der Waals surface area contributed by atoms with E-state index in [0.717, 1.165) is 19.1 Å². The Balaban J connectivity index is 1.66. The number of aromatic nitrogens is 2. The maximum atomic E-state index is 14.7. The van der Waals surface area contributed by atoms with Crippen molar-refractivity contribution in [2.24, 2.45) is 5.92 Å². The predicted octanol–water partition coefficient (Wildman–Crippen LogP) is 5.61. The van der Waals surface area contributed by atoms with Gasteiger partial charge in [0, 0.05) is 43.0 Å².